The minimum absolute atomic E-state index is 0. The number of amides is 1. The van der Waals surface area contributed by atoms with Gasteiger partial charge in [-0.3, -0.25) is 0 Å². The Morgan fingerprint density at radius 3 is 2.59 bits per heavy atom. The van der Waals surface area contributed by atoms with Gasteiger partial charge < -0.3 is 14.5 Å². The number of hydrogen-bond acceptors (Lipinski definition) is 3. The number of rotatable bonds is 2. The molecule has 0 aromatic carbocycles. The summed E-state index contributed by atoms with van der Waals surface area (Å²) in [5, 5.41) is 0. The van der Waals surface area contributed by atoms with Gasteiger partial charge in [0.25, 0.3) is 0 Å². The van der Waals surface area contributed by atoms with E-state index in [0.29, 0.717) is 0 Å². The topological polar surface area (TPSA) is 32.8 Å². The summed E-state index contributed by atoms with van der Waals surface area (Å²) in [7, 11) is 2.07. The van der Waals surface area contributed by atoms with Crippen molar-refractivity contribution in [2.45, 2.75) is 46.1 Å². The molecule has 2 rings (SSSR count). The highest BCUT2D eigenvalue weighted by molar-refractivity contribution is 14.0. The summed E-state index contributed by atoms with van der Waals surface area (Å²) in [5.41, 5.74) is 1.03. The second-order valence-corrected chi connectivity index (χ2v) is 7.20. The van der Waals surface area contributed by atoms with Crippen LogP contribution in [0, 0.1) is 5.41 Å². The van der Waals surface area contributed by atoms with Crippen LogP contribution in [0.4, 0.5) is 4.79 Å². The molecule has 0 aliphatic carbocycles. The molecule has 0 aromatic rings. The maximum atomic E-state index is 12.3. The first kappa shape index (κ1) is 19.3. The standard InChI is InChI=1S/C17H28N2O2.HI/c1-6-17(14-7-10-18(5)11-8-14)9-12-19(13-17)15(20)21-16(2,3)4;/h7-8,10H,6,9,11-13H2,1-5H3;1H. The third-order valence-corrected chi connectivity index (χ3v) is 4.40. The summed E-state index contributed by atoms with van der Waals surface area (Å²) < 4.78 is 5.51. The highest BCUT2D eigenvalue weighted by atomic mass is 127. The molecule has 0 radical (unpaired) electrons. The second-order valence-electron chi connectivity index (χ2n) is 7.20. The number of likely N-dealkylation sites (tertiary alicyclic amines) is 1. The van der Waals surface area contributed by atoms with Crippen LogP contribution < -0.4 is 0 Å². The Bertz CT molecular complexity index is 468. The predicted octanol–water partition coefficient (Wildman–Crippen LogP) is 4.03. The van der Waals surface area contributed by atoms with E-state index in [0.717, 1.165) is 32.5 Å². The van der Waals surface area contributed by atoms with Crippen molar-refractivity contribution in [1.29, 1.82) is 0 Å². The van der Waals surface area contributed by atoms with Crippen molar-refractivity contribution >= 4 is 30.1 Å². The lowest BCUT2D eigenvalue weighted by Crippen LogP contribution is -2.37. The van der Waals surface area contributed by atoms with E-state index in [-0.39, 0.29) is 35.5 Å². The van der Waals surface area contributed by atoms with Crippen molar-refractivity contribution < 1.29 is 9.53 Å². The second kappa shape index (κ2) is 7.23. The van der Waals surface area contributed by atoms with E-state index in [1.807, 2.05) is 25.7 Å². The smallest absolute Gasteiger partial charge is 0.410 e. The molecule has 2 aliphatic rings. The van der Waals surface area contributed by atoms with Crippen molar-refractivity contribution in [3.8, 4) is 0 Å². The van der Waals surface area contributed by atoms with Gasteiger partial charge in [0, 0.05) is 32.1 Å². The monoisotopic (exact) mass is 420 g/mol. The number of nitrogens with zero attached hydrogens (tertiary/aromatic N) is 2. The molecule has 1 saturated heterocycles. The van der Waals surface area contributed by atoms with Gasteiger partial charge in [0.15, 0.2) is 0 Å². The maximum Gasteiger partial charge on any atom is 0.410 e. The van der Waals surface area contributed by atoms with Crippen molar-refractivity contribution in [1.82, 2.24) is 9.80 Å². The Kier molecular flexibility index (Phi) is 6.36. The van der Waals surface area contributed by atoms with Gasteiger partial charge in [0.1, 0.15) is 5.60 Å². The van der Waals surface area contributed by atoms with Gasteiger partial charge in [0.05, 0.1) is 0 Å². The molecule has 22 heavy (non-hydrogen) atoms. The van der Waals surface area contributed by atoms with Crippen molar-refractivity contribution in [2.24, 2.45) is 5.41 Å². The third-order valence-electron chi connectivity index (χ3n) is 4.40. The van der Waals surface area contributed by atoms with E-state index in [1.165, 1.54) is 5.57 Å². The highest BCUT2D eigenvalue weighted by Gasteiger charge is 2.42. The van der Waals surface area contributed by atoms with Crippen molar-refractivity contribution in [3.05, 3.63) is 23.9 Å². The van der Waals surface area contributed by atoms with Crippen LogP contribution in [0.1, 0.15) is 40.5 Å². The molecule has 126 valence electrons. The van der Waals surface area contributed by atoms with Gasteiger partial charge in [-0.25, -0.2) is 4.79 Å². The van der Waals surface area contributed by atoms with Gasteiger partial charge in [-0.15, -0.1) is 24.0 Å². The van der Waals surface area contributed by atoms with E-state index in [9.17, 15) is 4.79 Å². The molecule has 0 aromatic heterocycles. The van der Waals surface area contributed by atoms with Crippen molar-refractivity contribution in [3.63, 3.8) is 0 Å². The van der Waals surface area contributed by atoms with Crippen LogP contribution in [0.5, 0.6) is 0 Å². The first-order valence-corrected chi connectivity index (χ1v) is 7.83. The zero-order chi connectivity index (χ0) is 15.7. The number of ether oxygens (including phenoxy) is 1. The van der Waals surface area contributed by atoms with E-state index < -0.39 is 5.60 Å². The molecule has 2 aliphatic heterocycles. The highest BCUT2D eigenvalue weighted by Crippen LogP contribution is 2.42. The number of allylic oxidation sites excluding steroid dienone is 1. The number of carbonyl (C=O) groups is 1. The number of carbonyl (C=O) groups excluding carboxylic acids is 1. The Labute approximate surface area is 151 Å². The summed E-state index contributed by atoms with van der Waals surface area (Å²) in [4.78, 5) is 16.3. The van der Waals surface area contributed by atoms with E-state index in [1.54, 1.807) is 0 Å². The van der Waals surface area contributed by atoms with Gasteiger partial charge in [0.2, 0.25) is 0 Å². The van der Waals surface area contributed by atoms with Crippen LogP contribution in [0.2, 0.25) is 0 Å². The molecule has 0 spiro atoms. The number of hydrogen-bond donors (Lipinski definition) is 0. The van der Waals surface area contributed by atoms with Gasteiger partial charge in [-0.05, 0) is 51.5 Å². The van der Waals surface area contributed by atoms with Gasteiger partial charge >= 0.3 is 6.09 Å². The van der Waals surface area contributed by atoms with E-state index >= 15 is 0 Å². The summed E-state index contributed by atoms with van der Waals surface area (Å²) in [6.45, 7) is 10.4. The zero-order valence-corrected chi connectivity index (χ0v) is 16.7. The van der Waals surface area contributed by atoms with E-state index in [2.05, 4.69) is 37.2 Å². The van der Waals surface area contributed by atoms with E-state index in [4.69, 9.17) is 4.74 Å². The molecule has 1 amide bonds. The Balaban J connectivity index is 0.00000242. The molecule has 0 bridgehead atoms. The molecule has 4 nitrogen and oxygen atoms in total. The number of likely N-dealkylation sites (N-methyl/N-ethyl adjacent to an activating group) is 1. The molecule has 1 fully saturated rings. The van der Waals surface area contributed by atoms with Crippen molar-refractivity contribution in [2.75, 3.05) is 26.7 Å². The molecule has 0 saturated carbocycles. The third kappa shape index (κ3) is 4.40. The lowest BCUT2D eigenvalue weighted by atomic mass is 9.76. The molecule has 1 atom stereocenters. The minimum atomic E-state index is -0.429. The summed E-state index contributed by atoms with van der Waals surface area (Å²) in [6, 6.07) is 0. The molecule has 2 heterocycles. The quantitative estimate of drug-likeness (QED) is 0.633. The van der Waals surface area contributed by atoms with Crippen LogP contribution in [-0.4, -0.2) is 48.2 Å². The molecule has 1 unspecified atom stereocenters. The van der Waals surface area contributed by atoms with Gasteiger partial charge in [-0.2, -0.15) is 0 Å². The SMILES string of the molecule is CCC1(C2=CCN(C)C=C2)CCN(C(=O)OC(C)(C)C)C1.I. The molecular formula is C17H29IN2O2. The summed E-state index contributed by atoms with van der Waals surface area (Å²) >= 11 is 0. The number of halogens is 1. The minimum Gasteiger partial charge on any atom is -0.444 e. The first-order valence-electron chi connectivity index (χ1n) is 7.83. The Morgan fingerprint density at radius 2 is 2.09 bits per heavy atom. The fourth-order valence-electron chi connectivity index (χ4n) is 3.06. The fraction of sp³-hybridized carbons (Fsp3) is 0.706. The molecule has 0 N–H and O–H groups in total. The molecule has 5 heteroatoms. The fourth-order valence-corrected chi connectivity index (χ4v) is 3.06. The Hall–Kier alpha value is -0.720. The lowest BCUT2D eigenvalue weighted by Gasteiger charge is -2.32. The zero-order valence-electron chi connectivity index (χ0n) is 14.4. The largest absolute Gasteiger partial charge is 0.444 e. The normalized spacial score (nSPS) is 24.9. The van der Waals surface area contributed by atoms with Crippen LogP contribution >= 0.6 is 24.0 Å². The molecular weight excluding hydrogens is 391 g/mol. The van der Waals surface area contributed by atoms with Crippen LogP contribution in [0.15, 0.2) is 23.9 Å². The lowest BCUT2D eigenvalue weighted by molar-refractivity contribution is 0.0278. The van der Waals surface area contributed by atoms with Crippen LogP contribution in [0.25, 0.3) is 0 Å². The van der Waals surface area contributed by atoms with Crippen LogP contribution in [0.3, 0.4) is 0 Å². The maximum absolute atomic E-state index is 12.3. The average molecular weight is 420 g/mol. The predicted molar refractivity (Wildman–Crippen MR) is 100 cm³/mol. The average Bonchev–Trinajstić information content (AvgIpc) is 2.83. The van der Waals surface area contributed by atoms with Gasteiger partial charge in [-0.1, -0.05) is 13.0 Å². The van der Waals surface area contributed by atoms with Crippen LogP contribution in [-0.2, 0) is 4.74 Å². The summed E-state index contributed by atoms with van der Waals surface area (Å²) in [5.74, 6) is 0. The summed E-state index contributed by atoms with van der Waals surface area (Å²) in [6.07, 6.45) is 8.50. The Morgan fingerprint density at radius 1 is 1.41 bits per heavy atom. The first-order chi connectivity index (χ1) is 9.76.